The Labute approximate surface area is 98.1 Å². The maximum atomic E-state index is 11.3. The highest BCUT2D eigenvalue weighted by atomic mass is 16.5. The van der Waals surface area contributed by atoms with Crippen molar-refractivity contribution in [2.75, 3.05) is 19.7 Å². The van der Waals surface area contributed by atoms with E-state index in [1.807, 2.05) is 20.8 Å². The van der Waals surface area contributed by atoms with Gasteiger partial charge in [-0.15, -0.1) is 0 Å². The van der Waals surface area contributed by atoms with Crippen LogP contribution in [0.3, 0.4) is 0 Å². The predicted molar refractivity (Wildman–Crippen MR) is 64.4 cm³/mol. The summed E-state index contributed by atoms with van der Waals surface area (Å²) in [6.07, 6.45) is 3.61. The highest BCUT2D eigenvalue weighted by Crippen LogP contribution is 2.18. The molecule has 16 heavy (non-hydrogen) atoms. The minimum atomic E-state index is -0.245. The molecule has 0 heterocycles. The summed E-state index contributed by atoms with van der Waals surface area (Å²) in [5.74, 6) is -0.0265. The van der Waals surface area contributed by atoms with Crippen molar-refractivity contribution in [2.45, 2.75) is 51.7 Å². The molecule has 4 nitrogen and oxygen atoms in total. The molecule has 0 spiro atoms. The molecule has 0 aromatic rings. The molecule has 0 aromatic carbocycles. The molecule has 2 N–H and O–H groups in total. The molecule has 1 amide bonds. The van der Waals surface area contributed by atoms with Crippen LogP contribution in [0.1, 0.15) is 40.0 Å². The third kappa shape index (κ3) is 7.65. The third-order valence-electron chi connectivity index (χ3n) is 2.32. The summed E-state index contributed by atoms with van der Waals surface area (Å²) >= 11 is 0. The van der Waals surface area contributed by atoms with Crippen molar-refractivity contribution >= 4 is 5.91 Å². The number of carbonyl (C=O) groups is 1. The zero-order valence-corrected chi connectivity index (χ0v) is 10.6. The van der Waals surface area contributed by atoms with Crippen LogP contribution >= 0.6 is 0 Å². The lowest BCUT2D eigenvalue weighted by Crippen LogP contribution is -2.33. The zero-order chi connectivity index (χ0) is 12.0. The minimum Gasteiger partial charge on any atom is -0.366 e. The molecule has 0 atom stereocenters. The van der Waals surface area contributed by atoms with Gasteiger partial charge in [0.25, 0.3) is 0 Å². The monoisotopic (exact) mass is 228 g/mol. The first-order valence-electron chi connectivity index (χ1n) is 6.11. The van der Waals surface area contributed by atoms with Gasteiger partial charge in [0.05, 0.1) is 5.60 Å². The molecule has 1 saturated carbocycles. The molecule has 0 unspecified atom stereocenters. The number of carbonyl (C=O) groups excluding carboxylic acids is 1. The van der Waals surface area contributed by atoms with E-state index in [9.17, 15) is 4.79 Å². The molecule has 4 heteroatoms. The Balaban J connectivity index is 1.89. The molecule has 1 fully saturated rings. The third-order valence-corrected chi connectivity index (χ3v) is 2.32. The van der Waals surface area contributed by atoms with E-state index in [2.05, 4.69) is 10.6 Å². The largest absolute Gasteiger partial charge is 0.366 e. The van der Waals surface area contributed by atoms with Gasteiger partial charge in [-0.25, -0.2) is 0 Å². The SMILES string of the molecule is CC(C)(C)OCC(=O)NCCCNC1CC1. The quantitative estimate of drug-likeness (QED) is 0.641. The molecule has 0 aliphatic heterocycles. The predicted octanol–water partition coefficient (Wildman–Crippen LogP) is 1.06. The van der Waals surface area contributed by atoms with Crippen molar-refractivity contribution in [2.24, 2.45) is 0 Å². The van der Waals surface area contributed by atoms with Crippen molar-refractivity contribution in [3.8, 4) is 0 Å². The van der Waals surface area contributed by atoms with Crippen LogP contribution in [0, 0.1) is 0 Å². The van der Waals surface area contributed by atoms with Gasteiger partial charge in [0.2, 0.25) is 5.91 Å². The normalized spacial score (nSPS) is 16.2. The van der Waals surface area contributed by atoms with Crippen LogP contribution in [0.25, 0.3) is 0 Å². The number of rotatable bonds is 7. The van der Waals surface area contributed by atoms with Crippen LogP contribution in [-0.2, 0) is 9.53 Å². The Morgan fingerprint density at radius 1 is 1.31 bits per heavy atom. The second kappa shape index (κ2) is 6.21. The Bertz CT molecular complexity index is 220. The van der Waals surface area contributed by atoms with Gasteiger partial charge >= 0.3 is 0 Å². The van der Waals surface area contributed by atoms with E-state index in [0.717, 1.165) is 25.6 Å². The molecule has 94 valence electrons. The first-order valence-corrected chi connectivity index (χ1v) is 6.11. The van der Waals surface area contributed by atoms with E-state index in [4.69, 9.17) is 4.74 Å². The summed E-state index contributed by atoms with van der Waals surface area (Å²) in [7, 11) is 0. The number of ether oxygens (including phenoxy) is 1. The summed E-state index contributed by atoms with van der Waals surface area (Å²) in [5, 5.41) is 6.25. The molecule has 0 aromatic heterocycles. The maximum Gasteiger partial charge on any atom is 0.246 e. The molecule has 0 bridgehead atoms. The lowest BCUT2D eigenvalue weighted by Gasteiger charge is -2.18. The molecule has 0 radical (unpaired) electrons. The van der Waals surface area contributed by atoms with Crippen LogP contribution in [0.15, 0.2) is 0 Å². The van der Waals surface area contributed by atoms with Gasteiger partial charge < -0.3 is 15.4 Å². The maximum absolute atomic E-state index is 11.3. The Kier molecular flexibility index (Phi) is 5.22. The lowest BCUT2D eigenvalue weighted by atomic mass is 10.2. The molecule has 1 aliphatic rings. The van der Waals surface area contributed by atoms with Crippen LogP contribution in [0.2, 0.25) is 0 Å². The number of nitrogens with one attached hydrogen (secondary N) is 2. The average molecular weight is 228 g/mol. The second-order valence-electron chi connectivity index (χ2n) is 5.33. The van der Waals surface area contributed by atoms with Crippen molar-refractivity contribution in [1.29, 1.82) is 0 Å². The number of hydrogen-bond donors (Lipinski definition) is 2. The number of hydrogen-bond acceptors (Lipinski definition) is 3. The van der Waals surface area contributed by atoms with Crippen LogP contribution < -0.4 is 10.6 Å². The van der Waals surface area contributed by atoms with E-state index < -0.39 is 0 Å². The standard InChI is InChI=1S/C12H24N2O2/c1-12(2,3)16-9-11(15)14-8-4-7-13-10-5-6-10/h10,13H,4-9H2,1-3H3,(H,14,15). The average Bonchev–Trinajstić information content (AvgIpc) is 2.97. The second-order valence-corrected chi connectivity index (χ2v) is 5.33. The van der Waals surface area contributed by atoms with E-state index in [0.29, 0.717) is 0 Å². The van der Waals surface area contributed by atoms with Gasteiger partial charge in [-0.05, 0) is 46.6 Å². The summed E-state index contributed by atoms with van der Waals surface area (Å²) in [5.41, 5.74) is -0.245. The first kappa shape index (κ1) is 13.5. The van der Waals surface area contributed by atoms with Gasteiger partial charge in [0.1, 0.15) is 6.61 Å². The van der Waals surface area contributed by atoms with Gasteiger partial charge in [-0.2, -0.15) is 0 Å². The smallest absolute Gasteiger partial charge is 0.246 e. The summed E-state index contributed by atoms with van der Waals surface area (Å²) in [4.78, 5) is 11.3. The Hall–Kier alpha value is -0.610. The van der Waals surface area contributed by atoms with E-state index in [1.165, 1.54) is 12.8 Å². The molecular weight excluding hydrogens is 204 g/mol. The Morgan fingerprint density at radius 3 is 2.56 bits per heavy atom. The van der Waals surface area contributed by atoms with Crippen molar-refractivity contribution in [3.05, 3.63) is 0 Å². The van der Waals surface area contributed by atoms with Crippen LogP contribution in [0.5, 0.6) is 0 Å². The van der Waals surface area contributed by atoms with Crippen LogP contribution in [-0.4, -0.2) is 37.2 Å². The van der Waals surface area contributed by atoms with Crippen molar-refractivity contribution < 1.29 is 9.53 Å². The van der Waals surface area contributed by atoms with Crippen molar-refractivity contribution in [1.82, 2.24) is 10.6 Å². The fourth-order valence-electron chi connectivity index (χ4n) is 1.24. The van der Waals surface area contributed by atoms with E-state index >= 15 is 0 Å². The summed E-state index contributed by atoms with van der Waals surface area (Å²) in [6, 6.07) is 0.750. The first-order chi connectivity index (χ1) is 7.47. The lowest BCUT2D eigenvalue weighted by molar-refractivity contribution is -0.130. The molecule has 0 saturated heterocycles. The number of amides is 1. The van der Waals surface area contributed by atoms with Gasteiger partial charge in [0, 0.05) is 12.6 Å². The fraction of sp³-hybridized carbons (Fsp3) is 0.917. The zero-order valence-electron chi connectivity index (χ0n) is 10.6. The molecule has 1 aliphatic carbocycles. The summed E-state index contributed by atoms with van der Waals surface area (Å²) in [6.45, 7) is 7.70. The van der Waals surface area contributed by atoms with E-state index in [1.54, 1.807) is 0 Å². The van der Waals surface area contributed by atoms with Crippen molar-refractivity contribution in [3.63, 3.8) is 0 Å². The van der Waals surface area contributed by atoms with Gasteiger partial charge in [0.15, 0.2) is 0 Å². The van der Waals surface area contributed by atoms with E-state index in [-0.39, 0.29) is 18.1 Å². The highest BCUT2D eigenvalue weighted by Gasteiger charge is 2.19. The Morgan fingerprint density at radius 2 is 2.00 bits per heavy atom. The minimum absolute atomic E-state index is 0.0265. The highest BCUT2D eigenvalue weighted by molar-refractivity contribution is 5.77. The van der Waals surface area contributed by atoms with Crippen LogP contribution in [0.4, 0.5) is 0 Å². The summed E-state index contributed by atoms with van der Waals surface area (Å²) < 4.78 is 5.37. The topological polar surface area (TPSA) is 50.4 Å². The molecular formula is C12H24N2O2. The van der Waals surface area contributed by atoms with Gasteiger partial charge in [-0.3, -0.25) is 4.79 Å². The fourth-order valence-corrected chi connectivity index (χ4v) is 1.24. The van der Waals surface area contributed by atoms with Gasteiger partial charge in [-0.1, -0.05) is 0 Å². The molecule has 1 rings (SSSR count).